The summed E-state index contributed by atoms with van der Waals surface area (Å²) in [4.78, 5) is 27.5. The maximum atomic E-state index is 13.8. The van der Waals surface area contributed by atoms with Crippen molar-refractivity contribution in [2.45, 2.75) is 19.8 Å². The lowest BCUT2D eigenvalue weighted by Gasteiger charge is -2.16. The molecular weight excluding hydrogens is 539 g/mol. The van der Waals surface area contributed by atoms with Gasteiger partial charge in [0, 0.05) is 20.9 Å². The highest BCUT2D eigenvalue weighted by Crippen LogP contribution is 2.32. The molecule has 7 heteroatoms. The van der Waals surface area contributed by atoms with Gasteiger partial charge in [-0.3, -0.25) is 19.8 Å². The molecule has 0 bridgehead atoms. The summed E-state index contributed by atoms with van der Waals surface area (Å²) in [6.45, 7) is 3.77. The summed E-state index contributed by atoms with van der Waals surface area (Å²) in [7, 11) is 0. The van der Waals surface area contributed by atoms with Crippen LogP contribution in [-0.4, -0.2) is 19.6 Å². The molecular formula is C27H23IN4O2. The van der Waals surface area contributed by atoms with Gasteiger partial charge in [0.2, 0.25) is 0 Å². The van der Waals surface area contributed by atoms with E-state index in [1.807, 2.05) is 98.8 Å². The van der Waals surface area contributed by atoms with Crippen LogP contribution in [0.2, 0.25) is 0 Å². The third kappa shape index (κ3) is 3.86. The Morgan fingerprint density at radius 3 is 1.47 bits per heavy atom. The monoisotopic (exact) mass is 562 g/mol. The molecule has 2 heterocycles. The van der Waals surface area contributed by atoms with Crippen LogP contribution < -0.4 is 11.1 Å². The van der Waals surface area contributed by atoms with Crippen LogP contribution in [0.5, 0.6) is 0 Å². The summed E-state index contributed by atoms with van der Waals surface area (Å²) < 4.78 is 4.17. The van der Waals surface area contributed by atoms with E-state index in [9.17, 15) is 9.59 Å². The van der Waals surface area contributed by atoms with Crippen LogP contribution in [0.1, 0.15) is 34.0 Å². The van der Waals surface area contributed by atoms with Crippen molar-refractivity contribution in [3.63, 3.8) is 0 Å². The van der Waals surface area contributed by atoms with Gasteiger partial charge in [0.25, 0.3) is 11.1 Å². The van der Waals surface area contributed by atoms with E-state index in [0.717, 1.165) is 31.9 Å². The van der Waals surface area contributed by atoms with Crippen LogP contribution in [-0.2, 0) is 0 Å². The fourth-order valence-electron chi connectivity index (χ4n) is 4.45. The Kier molecular flexibility index (Phi) is 5.87. The number of halogens is 1. The fourth-order valence-corrected chi connectivity index (χ4v) is 4.81. The Balaban J connectivity index is 1.77. The molecule has 0 aliphatic rings. The van der Waals surface area contributed by atoms with E-state index in [1.54, 1.807) is 9.36 Å². The largest absolute Gasteiger partial charge is 0.295 e. The molecule has 170 valence electrons. The summed E-state index contributed by atoms with van der Waals surface area (Å²) in [5.41, 5.74) is 4.61. The van der Waals surface area contributed by atoms with Crippen molar-refractivity contribution in [2.24, 2.45) is 0 Å². The first-order valence-corrected chi connectivity index (χ1v) is 12.0. The number of hydrogen-bond acceptors (Lipinski definition) is 2. The number of aryl methyl sites for hydroxylation is 2. The number of para-hydroxylation sites is 2. The number of hydrogen-bond donors (Lipinski definition) is 2. The highest BCUT2D eigenvalue weighted by Gasteiger charge is 2.30. The highest BCUT2D eigenvalue weighted by atomic mass is 127. The first-order chi connectivity index (χ1) is 16.5. The number of nitrogens with zero attached hydrogens (tertiary/aromatic N) is 2. The number of rotatable bonds is 5. The Labute approximate surface area is 210 Å². The van der Waals surface area contributed by atoms with Crippen molar-refractivity contribution >= 4 is 22.6 Å². The minimum absolute atomic E-state index is 0.168. The molecule has 0 aliphatic carbocycles. The molecule has 0 atom stereocenters. The Hall–Kier alpha value is -3.59. The molecule has 0 aliphatic heterocycles. The first kappa shape index (κ1) is 22.2. The number of nitrogens with one attached hydrogen (secondary N) is 2. The van der Waals surface area contributed by atoms with Crippen molar-refractivity contribution in [3.05, 3.63) is 137 Å². The van der Waals surface area contributed by atoms with Gasteiger partial charge in [0.05, 0.1) is 22.5 Å². The molecule has 0 saturated heterocycles. The van der Waals surface area contributed by atoms with E-state index in [-0.39, 0.29) is 11.1 Å². The molecule has 2 aromatic heterocycles. The smallest absolute Gasteiger partial charge is 0.275 e. The SMILES string of the molecule is Cc1[nH]n(-c2ccccc2)c(=O)c1C(c1ccc(I)cc1)c1c(C)[nH]n(-c2ccccc2)c1=O. The van der Waals surface area contributed by atoms with Crippen molar-refractivity contribution < 1.29 is 0 Å². The summed E-state index contributed by atoms with van der Waals surface area (Å²) in [6.07, 6.45) is 0. The van der Waals surface area contributed by atoms with Crippen LogP contribution in [0.4, 0.5) is 0 Å². The first-order valence-electron chi connectivity index (χ1n) is 10.9. The van der Waals surface area contributed by atoms with Crippen molar-refractivity contribution in [1.29, 1.82) is 0 Å². The van der Waals surface area contributed by atoms with E-state index in [4.69, 9.17) is 0 Å². The second kappa shape index (κ2) is 8.98. The second-order valence-electron chi connectivity index (χ2n) is 8.24. The van der Waals surface area contributed by atoms with E-state index in [1.165, 1.54) is 0 Å². The predicted octanol–water partition coefficient (Wildman–Crippen LogP) is 5.05. The van der Waals surface area contributed by atoms with Gasteiger partial charge in [-0.05, 0) is 78.4 Å². The van der Waals surface area contributed by atoms with Gasteiger partial charge in [-0.2, -0.15) is 0 Å². The van der Waals surface area contributed by atoms with E-state index in [2.05, 4.69) is 32.8 Å². The van der Waals surface area contributed by atoms with Crippen LogP contribution in [0.25, 0.3) is 11.4 Å². The minimum atomic E-state index is -0.528. The topological polar surface area (TPSA) is 75.6 Å². The van der Waals surface area contributed by atoms with Gasteiger partial charge in [0.15, 0.2) is 0 Å². The molecule has 0 spiro atoms. The molecule has 0 fully saturated rings. The second-order valence-corrected chi connectivity index (χ2v) is 9.48. The minimum Gasteiger partial charge on any atom is -0.295 e. The lowest BCUT2D eigenvalue weighted by Crippen LogP contribution is -2.25. The Morgan fingerprint density at radius 2 is 1.06 bits per heavy atom. The maximum absolute atomic E-state index is 13.8. The predicted molar refractivity (Wildman–Crippen MR) is 142 cm³/mol. The Morgan fingerprint density at radius 1 is 0.647 bits per heavy atom. The fraction of sp³-hybridized carbons (Fsp3) is 0.111. The highest BCUT2D eigenvalue weighted by molar-refractivity contribution is 14.1. The van der Waals surface area contributed by atoms with Crippen molar-refractivity contribution in [3.8, 4) is 11.4 Å². The van der Waals surface area contributed by atoms with E-state index < -0.39 is 5.92 Å². The molecule has 0 amide bonds. The number of aromatic amines is 2. The molecule has 5 aromatic rings. The lowest BCUT2D eigenvalue weighted by molar-refractivity contribution is 0.830. The molecule has 34 heavy (non-hydrogen) atoms. The van der Waals surface area contributed by atoms with Crippen LogP contribution >= 0.6 is 22.6 Å². The Bertz CT molecular complexity index is 1460. The molecule has 2 N–H and O–H groups in total. The number of aromatic nitrogens is 4. The zero-order chi connectivity index (χ0) is 23.8. The van der Waals surface area contributed by atoms with E-state index >= 15 is 0 Å². The third-order valence-electron chi connectivity index (χ3n) is 6.04. The summed E-state index contributed by atoms with van der Waals surface area (Å²) in [5.74, 6) is -0.528. The zero-order valence-electron chi connectivity index (χ0n) is 18.7. The van der Waals surface area contributed by atoms with Gasteiger partial charge >= 0.3 is 0 Å². The van der Waals surface area contributed by atoms with Crippen LogP contribution in [0.15, 0.2) is 94.5 Å². The number of H-pyrrole nitrogens is 2. The van der Waals surface area contributed by atoms with Crippen molar-refractivity contribution in [2.75, 3.05) is 0 Å². The van der Waals surface area contributed by atoms with E-state index in [0.29, 0.717) is 11.1 Å². The summed E-state index contributed by atoms with van der Waals surface area (Å²) in [6, 6.07) is 26.9. The van der Waals surface area contributed by atoms with Gasteiger partial charge in [0.1, 0.15) is 0 Å². The molecule has 0 unspecified atom stereocenters. The summed E-state index contributed by atoms with van der Waals surface area (Å²) >= 11 is 2.26. The standard InChI is InChI=1S/C27H23IN4O2/c1-17-23(26(33)31(29-17)21-9-5-3-6-10-21)25(19-13-15-20(28)16-14-19)24-18(2)30-32(27(24)34)22-11-7-4-8-12-22/h3-16,25,29-30H,1-2H3. The van der Waals surface area contributed by atoms with Gasteiger partial charge in [-0.1, -0.05) is 48.5 Å². The quantitative estimate of drug-likeness (QED) is 0.295. The van der Waals surface area contributed by atoms with Gasteiger partial charge in [-0.25, -0.2) is 9.36 Å². The molecule has 0 saturated carbocycles. The molecule has 6 nitrogen and oxygen atoms in total. The normalized spacial score (nSPS) is 11.3. The average molecular weight is 562 g/mol. The van der Waals surface area contributed by atoms with Crippen molar-refractivity contribution in [1.82, 2.24) is 19.6 Å². The average Bonchev–Trinajstić information content (AvgIpc) is 3.32. The maximum Gasteiger partial charge on any atom is 0.275 e. The van der Waals surface area contributed by atoms with Crippen LogP contribution in [0, 0.1) is 17.4 Å². The third-order valence-corrected chi connectivity index (χ3v) is 6.76. The lowest BCUT2D eigenvalue weighted by atomic mass is 9.85. The van der Waals surface area contributed by atoms with Gasteiger partial charge < -0.3 is 0 Å². The molecule has 0 radical (unpaired) electrons. The molecule has 3 aromatic carbocycles. The number of benzene rings is 3. The summed E-state index contributed by atoms with van der Waals surface area (Å²) in [5, 5.41) is 6.44. The zero-order valence-corrected chi connectivity index (χ0v) is 20.9. The molecule has 5 rings (SSSR count). The van der Waals surface area contributed by atoms with Gasteiger partial charge in [-0.15, -0.1) is 0 Å². The van der Waals surface area contributed by atoms with Crippen LogP contribution in [0.3, 0.4) is 0 Å².